The summed E-state index contributed by atoms with van der Waals surface area (Å²) in [7, 11) is 0. The van der Waals surface area contributed by atoms with E-state index in [1.54, 1.807) is 13.8 Å². The van der Waals surface area contributed by atoms with Crippen LogP contribution >= 0.6 is 0 Å². The van der Waals surface area contributed by atoms with Crippen molar-refractivity contribution in [2.24, 2.45) is 0 Å². The molecule has 9 heteroatoms. The molecule has 0 bridgehead atoms. The molecule has 0 amide bonds. The Hall–Kier alpha value is -1.33. The molecule has 0 aromatic carbocycles. The number of ether oxygens (including phenoxy) is 2. The molecule has 1 aliphatic heterocycles. The molecule has 8 nitrogen and oxygen atoms in total. The maximum Gasteiger partial charge on any atom is 1.00 e. The van der Waals surface area contributed by atoms with E-state index in [0.717, 1.165) is 37.4 Å². The Morgan fingerprint density at radius 1 is 1.16 bits per heavy atom. The van der Waals surface area contributed by atoms with E-state index in [2.05, 4.69) is 17.9 Å². The second-order valence-corrected chi connectivity index (χ2v) is 5.53. The molecule has 1 aliphatic rings. The smallest absolute Gasteiger partial charge is 0.545 e. The van der Waals surface area contributed by atoms with E-state index in [1.165, 1.54) is 18.2 Å². The number of allylic oxidation sites excluding steroid dienone is 4. The third-order valence-corrected chi connectivity index (χ3v) is 2.85. The maximum absolute atomic E-state index is 10.4. The van der Waals surface area contributed by atoms with Crippen molar-refractivity contribution < 1.29 is 90.9 Å². The first-order valence-corrected chi connectivity index (χ1v) is 9.00. The summed E-state index contributed by atoms with van der Waals surface area (Å²) in [6, 6.07) is 0. The normalized spacial score (nSPS) is 12.0. The predicted molar refractivity (Wildman–Crippen MR) is 116 cm³/mol. The number of esters is 1. The van der Waals surface area contributed by atoms with Gasteiger partial charge in [0.25, 0.3) is 0 Å². The minimum Gasteiger partial charge on any atom is -0.545 e. The molecule has 0 spiro atoms. The third-order valence-electron chi connectivity index (χ3n) is 2.85. The Balaban J connectivity index is -0.0000000962. The Morgan fingerprint density at radius 3 is 1.77 bits per heavy atom. The van der Waals surface area contributed by atoms with E-state index >= 15 is 0 Å². The maximum atomic E-state index is 10.4. The van der Waals surface area contributed by atoms with Crippen LogP contribution in [0, 0.1) is 0 Å². The van der Waals surface area contributed by atoms with Crippen LogP contribution in [0.5, 0.6) is 0 Å². The van der Waals surface area contributed by atoms with Crippen LogP contribution < -0.4 is 56.5 Å². The molecular weight excluding hydrogens is 431 g/mol. The SMILES string of the molecule is C=C/C(C)=C\C(=O)O.C=C/C(C)=C\C(=O)[O-].CC1=CC(=O)OCC1.CCOCC.O.[K+]. The molecule has 0 atom stereocenters. The van der Waals surface area contributed by atoms with Gasteiger partial charge in [0.1, 0.15) is 0 Å². The average molecular weight is 467 g/mol. The molecule has 0 fully saturated rings. The van der Waals surface area contributed by atoms with Crippen molar-refractivity contribution >= 4 is 17.9 Å². The van der Waals surface area contributed by atoms with Crippen LogP contribution in [0.25, 0.3) is 0 Å². The van der Waals surface area contributed by atoms with Crippen molar-refractivity contribution in [1.29, 1.82) is 0 Å². The Bertz CT molecular complexity index is 583. The molecule has 0 saturated carbocycles. The van der Waals surface area contributed by atoms with Crippen molar-refractivity contribution in [2.75, 3.05) is 19.8 Å². The van der Waals surface area contributed by atoms with Gasteiger partial charge in [0, 0.05) is 31.8 Å². The molecule has 0 saturated heterocycles. The molecule has 0 aliphatic carbocycles. The van der Waals surface area contributed by atoms with Crippen LogP contribution in [0.3, 0.4) is 0 Å². The summed E-state index contributed by atoms with van der Waals surface area (Å²) < 4.78 is 9.47. The quantitative estimate of drug-likeness (QED) is 0.233. The number of hydrogen-bond donors (Lipinski definition) is 1. The summed E-state index contributed by atoms with van der Waals surface area (Å²) in [5.41, 5.74) is 2.38. The molecule has 0 aromatic heterocycles. The number of carbonyl (C=O) groups is 3. The first-order valence-electron chi connectivity index (χ1n) is 9.00. The van der Waals surface area contributed by atoms with Crippen molar-refractivity contribution in [2.45, 2.75) is 41.0 Å². The fraction of sp³-hybridized carbons (Fsp3) is 0.409. The number of aliphatic carboxylic acids is 2. The van der Waals surface area contributed by atoms with Gasteiger partial charge in [-0.15, -0.1) is 0 Å². The predicted octanol–water partition coefficient (Wildman–Crippen LogP) is -0.826. The fourth-order valence-electron chi connectivity index (χ4n) is 1.33. The minimum atomic E-state index is -1.18. The van der Waals surface area contributed by atoms with Gasteiger partial charge in [-0.1, -0.05) is 30.9 Å². The van der Waals surface area contributed by atoms with E-state index < -0.39 is 11.9 Å². The summed E-state index contributed by atoms with van der Waals surface area (Å²) >= 11 is 0. The van der Waals surface area contributed by atoms with Gasteiger partial charge in [-0.2, -0.15) is 0 Å². The Kier molecular flexibility index (Phi) is 37.1. The van der Waals surface area contributed by atoms with Crippen LogP contribution in [-0.4, -0.2) is 48.3 Å². The summed E-state index contributed by atoms with van der Waals surface area (Å²) in [5.74, 6) is -2.31. The van der Waals surface area contributed by atoms with Crippen LogP contribution in [-0.2, 0) is 23.9 Å². The largest absolute Gasteiger partial charge is 1.00 e. The van der Waals surface area contributed by atoms with E-state index in [1.807, 2.05) is 20.8 Å². The number of carboxylic acid groups (broad SMARTS) is 2. The number of hydrogen-bond acceptors (Lipinski definition) is 6. The number of rotatable bonds is 6. The van der Waals surface area contributed by atoms with Crippen molar-refractivity contribution in [3.8, 4) is 0 Å². The Labute approximate surface area is 228 Å². The molecule has 3 N–H and O–H groups in total. The van der Waals surface area contributed by atoms with Gasteiger partial charge in [0.15, 0.2) is 0 Å². The minimum absolute atomic E-state index is 0. The van der Waals surface area contributed by atoms with Crippen molar-refractivity contribution in [3.63, 3.8) is 0 Å². The van der Waals surface area contributed by atoms with Crippen molar-refractivity contribution in [3.05, 3.63) is 60.3 Å². The topological polar surface area (TPSA) is 144 Å². The standard InChI is InChI=1S/3C6H8O2.C4H10O.K.H2O/c1-5-2-3-8-6(7)4-5;2*1-3-5(2)4-6(7)8;1-3-5-4-2;;/h4H,2-3H2,1H3;2*3-4H,1H2,2H3,(H,7,8);3-4H2,1-2H3;;1H2/q;;;;+1;/p-1/b;2*5-4-;;;. The summed E-state index contributed by atoms with van der Waals surface area (Å²) in [6.45, 7) is 18.2. The molecule has 0 aromatic rings. The molecule has 172 valence electrons. The van der Waals surface area contributed by atoms with Gasteiger partial charge in [-0.3, -0.25) is 0 Å². The first-order chi connectivity index (χ1) is 13.5. The van der Waals surface area contributed by atoms with Crippen LogP contribution in [0.2, 0.25) is 0 Å². The van der Waals surface area contributed by atoms with E-state index in [4.69, 9.17) is 9.84 Å². The van der Waals surface area contributed by atoms with E-state index in [9.17, 15) is 19.5 Å². The van der Waals surface area contributed by atoms with Crippen LogP contribution in [0.15, 0.2) is 60.3 Å². The van der Waals surface area contributed by atoms with Gasteiger partial charge in [-0.25, -0.2) is 9.59 Å². The van der Waals surface area contributed by atoms with Gasteiger partial charge in [0.05, 0.1) is 12.6 Å². The monoisotopic (exact) mass is 466 g/mol. The number of carbonyl (C=O) groups excluding carboxylic acids is 2. The second kappa shape index (κ2) is 28.7. The molecule has 1 heterocycles. The Morgan fingerprint density at radius 2 is 1.61 bits per heavy atom. The zero-order valence-corrected chi connectivity index (χ0v) is 22.6. The van der Waals surface area contributed by atoms with Crippen LogP contribution in [0.4, 0.5) is 0 Å². The van der Waals surface area contributed by atoms with Crippen molar-refractivity contribution in [1.82, 2.24) is 0 Å². The number of carboxylic acids is 2. The molecular formula is C22H35KO8. The molecule has 31 heavy (non-hydrogen) atoms. The molecule has 1 rings (SSSR count). The fourth-order valence-corrected chi connectivity index (χ4v) is 1.33. The van der Waals surface area contributed by atoms with Crippen LogP contribution in [0.1, 0.15) is 41.0 Å². The summed E-state index contributed by atoms with van der Waals surface area (Å²) in [6.07, 6.45) is 7.47. The summed E-state index contributed by atoms with van der Waals surface area (Å²) in [5, 5.41) is 17.8. The zero-order valence-electron chi connectivity index (χ0n) is 19.5. The average Bonchev–Trinajstić information content (AvgIpc) is 2.62. The van der Waals surface area contributed by atoms with Gasteiger partial charge in [0.2, 0.25) is 0 Å². The van der Waals surface area contributed by atoms with Gasteiger partial charge < -0.3 is 30.0 Å². The van der Waals surface area contributed by atoms with E-state index in [0.29, 0.717) is 17.8 Å². The molecule has 0 radical (unpaired) electrons. The van der Waals surface area contributed by atoms with E-state index in [-0.39, 0.29) is 62.8 Å². The second-order valence-electron chi connectivity index (χ2n) is 5.53. The number of cyclic esters (lactones) is 1. The first kappa shape index (κ1) is 40.1. The zero-order chi connectivity index (χ0) is 23.2. The summed E-state index contributed by atoms with van der Waals surface area (Å²) in [4.78, 5) is 30.0. The van der Waals surface area contributed by atoms with Gasteiger partial charge >= 0.3 is 63.3 Å². The van der Waals surface area contributed by atoms with Gasteiger partial charge in [-0.05, 0) is 51.8 Å². The third kappa shape index (κ3) is 39.7. The molecule has 0 unspecified atom stereocenters.